The van der Waals surface area contributed by atoms with Crippen molar-refractivity contribution in [1.29, 1.82) is 0 Å². The van der Waals surface area contributed by atoms with Gasteiger partial charge in [-0.3, -0.25) is 9.59 Å². The lowest BCUT2D eigenvalue weighted by atomic mass is 9.93. The first-order chi connectivity index (χ1) is 13.3. The van der Waals surface area contributed by atoms with Crippen molar-refractivity contribution in [2.75, 3.05) is 39.1 Å². The Bertz CT molecular complexity index is 845. The molecule has 0 radical (unpaired) electrons. The van der Waals surface area contributed by atoms with E-state index in [1.54, 1.807) is 12.1 Å². The second kappa shape index (κ2) is 8.48. The number of ether oxygens (including phenoxy) is 1. The van der Waals surface area contributed by atoms with Crippen molar-refractivity contribution in [3.8, 4) is 0 Å². The normalized spacial score (nSPS) is 17.8. The maximum absolute atomic E-state index is 13.0. The van der Waals surface area contributed by atoms with Crippen LogP contribution < -0.4 is 5.32 Å². The Balaban J connectivity index is 1.92. The van der Waals surface area contributed by atoms with Gasteiger partial charge in [0.1, 0.15) is 6.54 Å². The molecule has 8 nitrogen and oxygen atoms in total. The number of methoxy groups -OCH3 is 1. The van der Waals surface area contributed by atoms with Crippen LogP contribution in [0, 0.1) is 0 Å². The Morgan fingerprint density at radius 3 is 2.43 bits per heavy atom. The highest BCUT2D eigenvalue weighted by atomic mass is 32.2. The predicted molar refractivity (Wildman–Crippen MR) is 105 cm³/mol. The zero-order chi connectivity index (χ0) is 20.3. The van der Waals surface area contributed by atoms with Gasteiger partial charge in [-0.25, -0.2) is 8.42 Å². The van der Waals surface area contributed by atoms with Crippen LogP contribution in [-0.2, 0) is 19.6 Å². The van der Waals surface area contributed by atoms with Gasteiger partial charge in [0.25, 0.3) is 5.91 Å². The minimum Gasteiger partial charge on any atom is -0.468 e. The average Bonchev–Trinajstić information content (AvgIpc) is 3.19. The summed E-state index contributed by atoms with van der Waals surface area (Å²) in [6.07, 6.45) is 4.86. The van der Waals surface area contributed by atoms with Gasteiger partial charge >= 0.3 is 5.97 Å². The molecular formula is C19H27N3O5S. The number of carbonyl (C=O) groups is 2. The Morgan fingerprint density at radius 2 is 1.86 bits per heavy atom. The highest BCUT2D eigenvalue weighted by Crippen LogP contribution is 2.28. The first-order valence-corrected chi connectivity index (χ1v) is 11.0. The van der Waals surface area contributed by atoms with Crippen LogP contribution in [-0.4, -0.2) is 69.3 Å². The largest absolute Gasteiger partial charge is 0.468 e. The molecular weight excluding hydrogens is 382 g/mol. The van der Waals surface area contributed by atoms with Crippen molar-refractivity contribution in [2.24, 2.45) is 0 Å². The van der Waals surface area contributed by atoms with Gasteiger partial charge in [-0.1, -0.05) is 0 Å². The second-order valence-corrected chi connectivity index (χ2v) is 9.30. The summed E-state index contributed by atoms with van der Waals surface area (Å²) in [7, 11) is -0.924. The third-order valence-corrected chi connectivity index (χ3v) is 7.15. The highest BCUT2D eigenvalue weighted by molar-refractivity contribution is 7.89. The average molecular weight is 410 g/mol. The molecule has 9 heteroatoms. The maximum Gasteiger partial charge on any atom is 0.325 e. The first-order valence-electron chi connectivity index (χ1n) is 9.55. The van der Waals surface area contributed by atoms with Gasteiger partial charge < -0.3 is 15.0 Å². The van der Waals surface area contributed by atoms with Crippen LogP contribution in [0.25, 0.3) is 0 Å². The molecule has 2 fully saturated rings. The zero-order valence-corrected chi connectivity index (χ0v) is 17.1. The van der Waals surface area contributed by atoms with Gasteiger partial charge in [-0.2, -0.15) is 4.31 Å². The van der Waals surface area contributed by atoms with Crippen LogP contribution in [0.15, 0.2) is 23.1 Å². The first kappa shape index (κ1) is 20.6. The molecule has 1 heterocycles. The number of nitrogens with one attached hydrogen (secondary N) is 1. The highest BCUT2D eigenvalue weighted by Gasteiger charge is 2.29. The molecule has 0 unspecified atom stereocenters. The van der Waals surface area contributed by atoms with Crippen molar-refractivity contribution in [2.45, 2.75) is 43.0 Å². The van der Waals surface area contributed by atoms with Gasteiger partial charge in [-0.05, 0) is 50.3 Å². The topological polar surface area (TPSA) is 96.0 Å². The third-order valence-electron chi connectivity index (χ3n) is 5.27. The molecule has 1 N–H and O–H groups in total. The van der Waals surface area contributed by atoms with E-state index < -0.39 is 21.9 Å². The molecule has 0 aromatic heterocycles. The fraction of sp³-hybridized carbons (Fsp3) is 0.579. The van der Waals surface area contributed by atoms with E-state index in [1.807, 2.05) is 0 Å². The van der Waals surface area contributed by atoms with Gasteiger partial charge in [0.15, 0.2) is 0 Å². The molecule has 28 heavy (non-hydrogen) atoms. The molecule has 1 amide bonds. The van der Waals surface area contributed by atoms with Gasteiger partial charge in [0.2, 0.25) is 10.0 Å². The van der Waals surface area contributed by atoms with Crippen LogP contribution >= 0.6 is 0 Å². The van der Waals surface area contributed by atoms with Gasteiger partial charge in [0.05, 0.1) is 12.0 Å². The van der Waals surface area contributed by atoms with E-state index in [4.69, 9.17) is 0 Å². The second-order valence-electron chi connectivity index (χ2n) is 7.37. The minimum absolute atomic E-state index is 0.105. The summed E-state index contributed by atoms with van der Waals surface area (Å²) < 4.78 is 32.1. The summed E-state index contributed by atoms with van der Waals surface area (Å²) in [6, 6.07) is 4.94. The maximum atomic E-state index is 13.0. The number of hydrogen-bond donors (Lipinski definition) is 1. The van der Waals surface area contributed by atoms with E-state index in [0.29, 0.717) is 24.8 Å². The van der Waals surface area contributed by atoms with Crippen molar-refractivity contribution < 1.29 is 22.7 Å². The number of benzene rings is 1. The monoisotopic (exact) mass is 409 g/mol. The Labute approximate surface area is 165 Å². The molecule has 1 aromatic rings. The lowest BCUT2D eigenvalue weighted by molar-refractivity contribution is -0.141. The quantitative estimate of drug-likeness (QED) is 0.689. The van der Waals surface area contributed by atoms with E-state index in [1.165, 1.54) is 29.4 Å². The molecule has 1 saturated carbocycles. The van der Waals surface area contributed by atoms with Crippen molar-refractivity contribution in [3.63, 3.8) is 0 Å². The molecule has 1 aliphatic heterocycles. The number of amides is 1. The molecule has 2 aliphatic rings. The van der Waals surface area contributed by atoms with Crippen molar-refractivity contribution in [3.05, 3.63) is 23.8 Å². The van der Waals surface area contributed by atoms with Gasteiger partial charge in [-0.15, -0.1) is 0 Å². The van der Waals surface area contributed by atoms with E-state index in [9.17, 15) is 18.0 Å². The van der Waals surface area contributed by atoms with Crippen LogP contribution in [0.5, 0.6) is 0 Å². The van der Waals surface area contributed by atoms with Crippen LogP contribution in [0.1, 0.15) is 42.5 Å². The molecule has 3 rings (SSSR count). The van der Waals surface area contributed by atoms with Crippen LogP contribution in [0.2, 0.25) is 0 Å². The molecule has 0 bridgehead atoms. The smallest absolute Gasteiger partial charge is 0.325 e. The predicted octanol–water partition coefficient (Wildman–Crippen LogP) is 1.68. The van der Waals surface area contributed by atoms with Crippen LogP contribution in [0.3, 0.4) is 0 Å². The van der Waals surface area contributed by atoms with Crippen molar-refractivity contribution >= 4 is 27.6 Å². The zero-order valence-electron chi connectivity index (χ0n) is 16.3. The number of nitrogens with zero attached hydrogens (tertiary/aromatic N) is 2. The summed E-state index contributed by atoms with van der Waals surface area (Å²) in [5.74, 6) is -0.968. The minimum atomic E-state index is -3.66. The third kappa shape index (κ3) is 4.47. The lowest BCUT2D eigenvalue weighted by Crippen LogP contribution is -2.33. The fourth-order valence-electron chi connectivity index (χ4n) is 3.37. The fourth-order valence-corrected chi connectivity index (χ4v) is 4.96. The van der Waals surface area contributed by atoms with E-state index in [0.717, 1.165) is 32.1 Å². The summed E-state index contributed by atoms with van der Waals surface area (Å²) in [4.78, 5) is 25.6. The van der Waals surface area contributed by atoms with E-state index in [2.05, 4.69) is 10.1 Å². The van der Waals surface area contributed by atoms with E-state index in [-0.39, 0.29) is 17.0 Å². The van der Waals surface area contributed by atoms with E-state index >= 15 is 0 Å². The molecule has 154 valence electrons. The van der Waals surface area contributed by atoms with Gasteiger partial charge in [0, 0.05) is 37.4 Å². The summed E-state index contributed by atoms with van der Waals surface area (Å²) in [5, 5.41) is 3.32. The number of carbonyl (C=O) groups excluding carboxylic acids is 2. The van der Waals surface area contributed by atoms with Crippen molar-refractivity contribution in [1.82, 2.24) is 9.21 Å². The number of sulfonamides is 1. The Kier molecular flexibility index (Phi) is 6.24. The number of hydrogen-bond acceptors (Lipinski definition) is 6. The Morgan fingerprint density at radius 1 is 1.18 bits per heavy atom. The molecule has 0 spiro atoms. The number of esters is 1. The number of likely N-dealkylation sites (N-methyl/N-ethyl adjacent to an activating group) is 1. The lowest BCUT2D eigenvalue weighted by Gasteiger charge is -2.28. The molecule has 0 atom stereocenters. The molecule has 1 aliphatic carbocycles. The number of anilines is 1. The Hall–Kier alpha value is -2.13. The molecule has 1 saturated heterocycles. The number of rotatable bonds is 7. The molecule has 1 aromatic carbocycles. The summed E-state index contributed by atoms with van der Waals surface area (Å²) >= 11 is 0. The standard InChI is InChI=1S/C19H27N3O5S/c1-21(13-18(23)27-2)19(24)14-10-16(20-15-6-5-7-15)12-17(11-14)28(25,26)22-8-3-4-9-22/h10-12,15,20H,3-9,13H2,1-2H3. The summed E-state index contributed by atoms with van der Waals surface area (Å²) in [6.45, 7) is 0.784. The van der Waals surface area contributed by atoms with Crippen LogP contribution in [0.4, 0.5) is 5.69 Å². The SMILES string of the molecule is COC(=O)CN(C)C(=O)c1cc(NC2CCC2)cc(S(=O)(=O)N2CCCC2)c1. The summed E-state index contributed by atoms with van der Waals surface area (Å²) in [5.41, 5.74) is 0.841.